The van der Waals surface area contributed by atoms with E-state index < -0.39 is 0 Å². The number of H-pyrrole nitrogens is 1. The number of rotatable bonds is 2. The van der Waals surface area contributed by atoms with Crippen LogP contribution in [0.5, 0.6) is 5.75 Å². The molecule has 1 N–H and O–H groups in total. The fourth-order valence-corrected chi connectivity index (χ4v) is 1.47. The molecule has 1 aromatic heterocycles. The molecule has 0 fully saturated rings. The first-order valence-corrected chi connectivity index (χ1v) is 5.32. The Morgan fingerprint density at radius 2 is 1.81 bits per heavy atom. The zero-order valence-corrected chi connectivity index (χ0v) is 9.82. The van der Waals surface area contributed by atoms with E-state index in [-0.39, 0.29) is 5.60 Å². The number of nitrogens with one attached hydrogen (secondary N) is 1. The molecule has 0 amide bonds. The van der Waals surface area contributed by atoms with Crippen LogP contribution < -0.4 is 4.74 Å². The summed E-state index contributed by atoms with van der Waals surface area (Å²) in [6.45, 7) is 6.11. The van der Waals surface area contributed by atoms with E-state index in [0.29, 0.717) is 0 Å². The highest BCUT2D eigenvalue weighted by molar-refractivity contribution is 5.58. The van der Waals surface area contributed by atoms with Crippen molar-refractivity contribution in [3.05, 3.63) is 36.8 Å². The van der Waals surface area contributed by atoms with Gasteiger partial charge in [-0.3, -0.25) is 0 Å². The molecule has 0 unspecified atom stereocenters. The lowest BCUT2D eigenvalue weighted by atomic mass is 10.1. The molecule has 1 aromatic carbocycles. The monoisotopic (exact) mass is 216 g/mol. The van der Waals surface area contributed by atoms with Gasteiger partial charge in [-0.05, 0) is 50.6 Å². The van der Waals surface area contributed by atoms with Crippen molar-refractivity contribution in [3.8, 4) is 17.0 Å². The Morgan fingerprint density at radius 3 is 2.31 bits per heavy atom. The van der Waals surface area contributed by atoms with E-state index in [9.17, 15) is 0 Å². The number of hydrogen-bond acceptors (Lipinski definition) is 2. The second kappa shape index (κ2) is 4.00. The molecule has 84 valence electrons. The summed E-state index contributed by atoms with van der Waals surface area (Å²) in [5.74, 6) is 0.885. The van der Waals surface area contributed by atoms with Crippen LogP contribution in [0.1, 0.15) is 20.8 Å². The molecule has 0 spiro atoms. The first-order chi connectivity index (χ1) is 7.54. The highest BCUT2D eigenvalue weighted by Gasteiger charge is 2.11. The molecule has 2 rings (SSSR count). The standard InChI is InChI=1S/C13H16N2O/c1-13(2,3)16-11-6-4-10(5-7-11)12-8-14-9-15-12/h4-9H,1-3H3,(H,14,15). The van der Waals surface area contributed by atoms with E-state index in [4.69, 9.17) is 4.74 Å². The maximum Gasteiger partial charge on any atom is 0.120 e. The Kier molecular flexibility index (Phi) is 2.69. The number of hydrogen-bond donors (Lipinski definition) is 1. The molecule has 0 saturated heterocycles. The summed E-state index contributed by atoms with van der Waals surface area (Å²) in [7, 11) is 0. The zero-order valence-electron chi connectivity index (χ0n) is 9.82. The third kappa shape index (κ3) is 2.63. The summed E-state index contributed by atoms with van der Waals surface area (Å²) in [5.41, 5.74) is 1.97. The molecule has 0 aliphatic carbocycles. The maximum absolute atomic E-state index is 5.75. The van der Waals surface area contributed by atoms with Gasteiger partial charge in [0.05, 0.1) is 18.2 Å². The topological polar surface area (TPSA) is 37.9 Å². The number of imidazole rings is 1. The van der Waals surface area contributed by atoms with Crippen LogP contribution in [0.3, 0.4) is 0 Å². The molecule has 2 aromatic rings. The van der Waals surface area contributed by atoms with Gasteiger partial charge in [0, 0.05) is 0 Å². The van der Waals surface area contributed by atoms with Crippen molar-refractivity contribution >= 4 is 0 Å². The minimum Gasteiger partial charge on any atom is -0.488 e. The Bertz CT molecular complexity index is 438. The smallest absolute Gasteiger partial charge is 0.120 e. The molecule has 0 bridgehead atoms. The van der Waals surface area contributed by atoms with Gasteiger partial charge in [-0.1, -0.05) is 0 Å². The number of nitrogens with zero attached hydrogens (tertiary/aromatic N) is 1. The molecule has 0 atom stereocenters. The lowest BCUT2D eigenvalue weighted by Gasteiger charge is -2.21. The predicted octanol–water partition coefficient (Wildman–Crippen LogP) is 3.25. The molecule has 0 aliphatic heterocycles. The molecule has 0 radical (unpaired) electrons. The number of benzene rings is 1. The third-order valence-electron chi connectivity index (χ3n) is 2.09. The van der Waals surface area contributed by atoms with Crippen molar-refractivity contribution in [1.29, 1.82) is 0 Å². The van der Waals surface area contributed by atoms with Crippen LogP contribution in [0.2, 0.25) is 0 Å². The average Bonchev–Trinajstić information content (AvgIpc) is 2.69. The zero-order chi connectivity index (χ0) is 11.6. The van der Waals surface area contributed by atoms with Crippen molar-refractivity contribution < 1.29 is 4.74 Å². The van der Waals surface area contributed by atoms with Crippen molar-refractivity contribution in [1.82, 2.24) is 9.97 Å². The SMILES string of the molecule is CC(C)(C)Oc1ccc(-c2cnc[nH]2)cc1. The summed E-state index contributed by atoms with van der Waals surface area (Å²) < 4.78 is 5.75. The van der Waals surface area contributed by atoms with Gasteiger partial charge in [-0.2, -0.15) is 0 Å². The summed E-state index contributed by atoms with van der Waals surface area (Å²) >= 11 is 0. The Balaban J connectivity index is 2.17. The second-order valence-corrected chi connectivity index (χ2v) is 4.70. The van der Waals surface area contributed by atoms with Gasteiger partial charge in [0.15, 0.2) is 0 Å². The second-order valence-electron chi connectivity index (χ2n) is 4.70. The first-order valence-electron chi connectivity index (χ1n) is 5.32. The number of aromatic amines is 1. The van der Waals surface area contributed by atoms with E-state index >= 15 is 0 Å². The molecule has 0 aliphatic rings. The van der Waals surface area contributed by atoms with Crippen molar-refractivity contribution in [2.24, 2.45) is 0 Å². The molecular formula is C13H16N2O. The highest BCUT2D eigenvalue weighted by atomic mass is 16.5. The maximum atomic E-state index is 5.75. The normalized spacial score (nSPS) is 11.4. The van der Waals surface area contributed by atoms with E-state index in [1.54, 1.807) is 12.5 Å². The van der Waals surface area contributed by atoms with E-state index in [1.807, 2.05) is 45.0 Å². The van der Waals surface area contributed by atoms with Gasteiger partial charge < -0.3 is 9.72 Å². The number of ether oxygens (including phenoxy) is 1. The number of aromatic nitrogens is 2. The Labute approximate surface area is 95.5 Å². The Hall–Kier alpha value is -1.77. The molecule has 3 nitrogen and oxygen atoms in total. The van der Waals surface area contributed by atoms with Crippen LogP contribution in [-0.2, 0) is 0 Å². The molecule has 3 heteroatoms. The summed E-state index contributed by atoms with van der Waals surface area (Å²) in [4.78, 5) is 7.06. The lowest BCUT2D eigenvalue weighted by Crippen LogP contribution is -2.22. The minimum atomic E-state index is -0.157. The predicted molar refractivity (Wildman–Crippen MR) is 64.4 cm³/mol. The van der Waals surface area contributed by atoms with Gasteiger partial charge in [0.1, 0.15) is 11.4 Å². The first kappa shape index (κ1) is 10.7. The van der Waals surface area contributed by atoms with Crippen LogP contribution in [0.15, 0.2) is 36.8 Å². The quantitative estimate of drug-likeness (QED) is 0.836. The van der Waals surface area contributed by atoms with Crippen molar-refractivity contribution in [3.63, 3.8) is 0 Å². The summed E-state index contributed by atoms with van der Waals surface area (Å²) in [5, 5.41) is 0. The largest absolute Gasteiger partial charge is 0.488 e. The fraction of sp³-hybridized carbons (Fsp3) is 0.308. The lowest BCUT2D eigenvalue weighted by molar-refractivity contribution is 0.131. The van der Waals surface area contributed by atoms with Gasteiger partial charge in [-0.15, -0.1) is 0 Å². The van der Waals surface area contributed by atoms with E-state index in [2.05, 4.69) is 9.97 Å². The van der Waals surface area contributed by atoms with E-state index in [0.717, 1.165) is 17.0 Å². The fourth-order valence-electron chi connectivity index (χ4n) is 1.47. The van der Waals surface area contributed by atoms with E-state index in [1.165, 1.54) is 0 Å². The van der Waals surface area contributed by atoms with Gasteiger partial charge in [0.25, 0.3) is 0 Å². The minimum absolute atomic E-state index is 0.157. The van der Waals surface area contributed by atoms with Gasteiger partial charge >= 0.3 is 0 Å². The molecular weight excluding hydrogens is 200 g/mol. The van der Waals surface area contributed by atoms with Gasteiger partial charge in [0.2, 0.25) is 0 Å². The average molecular weight is 216 g/mol. The molecule has 16 heavy (non-hydrogen) atoms. The Morgan fingerprint density at radius 1 is 1.12 bits per heavy atom. The summed E-state index contributed by atoms with van der Waals surface area (Å²) in [6.07, 6.45) is 3.48. The van der Waals surface area contributed by atoms with Crippen LogP contribution in [0.25, 0.3) is 11.3 Å². The summed E-state index contributed by atoms with van der Waals surface area (Å²) in [6, 6.07) is 7.99. The van der Waals surface area contributed by atoms with Crippen LogP contribution in [0.4, 0.5) is 0 Å². The van der Waals surface area contributed by atoms with Crippen molar-refractivity contribution in [2.45, 2.75) is 26.4 Å². The highest BCUT2D eigenvalue weighted by Crippen LogP contribution is 2.22. The van der Waals surface area contributed by atoms with Gasteiger partial charge in [-0.25, -0.2) is 4.98 Å². The van der Waals surface area contributed by atoms with Crippen LogP contribution in [0, 0.1) is 0 Å². The van der Waals surface area contributed by atoms with Crippen molar-refractivity contribution in [2.75, 3.05) is 0 Å². The van der Waals surface area contributed by atoms with Crippen LogP contribution >= 0.6 is 0 Å². The third-order valence-corrected chi connectivity index (χ3v) is 2.09. The molecule has 1 heterocycles. The molecule has 0 saturated carbocycles. The van der Waals surface area contributed by atoms with Crippen LogP contribution in [-0.4, -0.2) is 15.6 Å².